The van der Waals surface area contributed by atoms with Crippen LogP contribution in [0.25, 0.3) is 0 Å². The number of hydrogen-bond acceptors (Lipinski definition) is 2. The van der Waals surface area contributed by atoms with Crippen LogP contribution in [0, 0.1) is 0 Å². The molecule has 1 aliphatic heterocycles. The molecule has 0 saturated carbocycles. The van der Waals surface area contributed by atoms with E-state index in [1.165, 1.54) is 38.5 Å². The van der Waals surface area contributed by atoms with Crippen LogP contribution in [0.15, 0.2) is 12.2 Å². The minimum absolute atomic E-state index is 0.320. The predicted molar refractivity (Wildman–Crippen MR) is 86.5 cm³/mol. The van der Waals surface area contributed by atoms with Crippen LogP contribution in [0.2, 0.25) is 0 Å². The highest BCUT2D eigenvalue weighted by Crippen LogP contribution is 2.30. The Morgan fingerprint density at radius 1 is 1.00 bits per heavy atom. The van der Waals surface area contributed by atoms with Gasteiger partial charge in [-0.2, -0.15) is 0 Å². The Labute approximate surface area is 129 Å². The fraction of sp³-hybridized carbons (Fsp3) is 0.833. The van der Waals surface area contributed by atoms with Crippen LogP contribution in [0.1, 0.15) is 84.0 Å². The van der Waals surface area contributed by atoms with Crippen molar-refractivity contribution in [3.8, 4) is 0 Å². The van der Waals surface area contributed by atoms with Gasteiger partial charge in [0.05, 0.1) is 12.2 Å². The summed E-state index contributed by atoms with van der Waals surface area (Å²) in [6.07, 6.45) is 18.7. The third-order valence-corrected chi connectivity index (χ3v) is 4.08. The lowest BCUT2D eigenvalue weighted by Crippen LogP contribution is -1.93. The van der Waals surface area contributed by atoms with E-state index in [9.17, 15) is 4.79 Å². The van der Waals surface area contributed by atoms with E-state index >= 15 is 0 Å². The predicted octanol–water partition coefficient (Wildman–Crippen LogP) is 5.10. The molecule has 1 N–H and O–H groups in total. The highest BCUT2D eigenvalue weighted by molar-refractivity contribution is 5.66. The lowest BCUT2D eigenvalue weighted by molar-refractivity contribution is -0.137. The van der Waals surface area contributed by atoms with E-state index in [1.807, 2.05) is 0 Å². The first-order chi connectivity index (χ1) is 10.2. The van der Waals surface area contributed by atoms with Crippen LogP contribution < -0.4 is 0 Å². The largest absolute Gasteiger partial charge is 0.481 e. The van der Waals surface area contributed by atoms with Crippen LogP contribution >= 0.6 is 0 Å². The van der Waals surface area contributed by atoms with Gasteiger partial charge in [0.1, 0.15) is 0 Å². The third kappa shape index (κ3) is 10.5. The molecule has 0 bridgehead atoms. The summed E-state index contributed by atoms with van der Waals surface area (Å²) in [6.45, 7) is 2.24. The quantitative estimate of drug-likeness (QED) is 0.276. The van der Waals surface area contributed by atoms with Crippen LogP contribution in [0.3, 0.4) is 0 Å². The maximum absolute atomic E-state index is 10.3. The molecule has 1 saturated heterocycles. The summed E-state index contributed by atoms with van der Waals surface area (Å²) >= 11 is 0. The second kappa shape index (κ2) is 11.8. The number of carbonyl (C=O) groups is 1. The Balaban J connectivity index is 1.81. The number of carboxylic acids is 1. The molecule has 0 radical (unpaired) electrons. The van der Waals surface area contributed by atoms with Gasteiger partial charge in [0.25, 0.3) is 0 Å². The number of allylic oxidation sites excluding steroid dienone is 1. The van der Waals surface area contributed by atoms with E-state index in [2.05, 4.69) is 19.1 Å². The van der Waals surface area contributed by atoms with Crippen molar-refractivity contribution in [1.29, 1.82) is 0 Å². The number of unbranched alkanes of at least 4 members (excludes halogenated alkanes) is 7. The Morgan fingerprint density at radius 2 is 1.76 bits per heavy atom. The van der Waals surface area contributed by atoms with Gasteiger partial charge in [0.15, 0.2) is 0 Å². The second-order valence-electron chi connectivity index (χ2n) is 6.12. The molecular formula is C18H32O3. The molecule has 0 amide bonds. The van der Waals surface area contributed by atoms with Gasteiger partial charge in [-0.05, 0) is 32.1 Å². The fourth-order valence-corrected chi connectivity index (χ4v) is 2.65. The lowest BCUT2D eigenvalue weighted by Gasteiger charge is -1.98. The molecule has 1 fully saturated rings. The average molecular weight is 296 g/mol. The maximum Gasteiger partial charge on any atom is 0.303 e. The Bertz CT molecular complexity index is 299. The van der Waals surface area contributed by atoms with E-state index in [0.717, 1.165) is 32.1 Å². The summed E-state index contributed by atoms with van der Waals surface area (Å²) in [5, 5.41) is 8.52. The first-order valence-electron chi connectivity index (χ1n) is 8.76. The van der Waals surface area contributed by atoms with Crippen LogP contribution in [0.4, 0.5) is 0 Å². The summed E-state index contributed by atoms with van der Waals surface area (Å²) in [5.41, 5.74) is 0. The molecule has 1 aliphatic rings. The normalized spacial score (nSPS) is 21.0. The second-order valence-corrected chi connectivity index (χ2v) is 6.12. The Hall–Kier alpha value is -0.830. The monoisotopic (exact) mass is 296 g/mol. The average Bonchev–Trinajstić information content (AvgIpc) is 3.19. The van der Waals surface area contributed by atoms with E-state index in [-0.39, 0.29) is 0 Å². The first kappa shape index (κ1) is 18.2. The van der Waals surface area contributed by atoms with Crippen molar-refractivity contribution in [2.45, 2.75) is 96.2 Å². The SMILES string of the molecule is CCCCC[C@H]1O[C@@H]1C/C=C/CCCCCCCC(=O)O. The topological polar surface area (TPSA) is 49.8 Å². The third-order valence-electron chi connectivity index (χ3n) is 4.08. The molecule has 0 aromatic heterocycles. The van der Waals surface area contributed by atoms with Crippen LogP contribution in [-0.4, -0.2) is 23.3 Å². The summed E-state index contributed by atoms with van der Waals surface area (Å²) in [4.78, 5) is 10.3. The number of rotatable bonds is 14. The molecule has 122 valence electrons. The molecule has 2 atom stereocenters. The van der Waals surface area contributed by atoms with E-state index in [1.54, 1.807) is 0 Å². The van der Waals surface area contributed by atoms with Crippen LogP contribution in [-0.2, 0) is 9.53 Å². The molecule has 0 spiro atoms. The number of aliphatic carboxylic acids is 1. The van der Waals surface area contributed by atoms with E-state index < -0.39 is 5.97 Å². The highest BCUT2D eigenvalue weighted by Gasteiger charge is 2.36. The van der Waals surface area contributed by atoms with Gasteiger partial charge >= 0.3 is 5.97 Å². The summed E-state index contributed by atoms with van der Waals surface area (Å²) < 4.78 is 5.66. The number of hydrogen-bond donors (Lipinski definition) is 1. The summed E-state index contributed by atoms with van der Waals surface area (Å²) in [5.74, 6) is -0.673. The molecule has 0 unspecified atom stereocenters. The fourth-order valence-electron chi connectivity index (χ4n) is 2.65. The summed E-state index contributed by atoms with van der Waals surface area (Å²) in [6, 6.07) is 0. The molecule has 3 nitrogen and oxygen atoms in total. The van der Waals surface area contributed by atoms with Crippen molar-refractivity contribution in [3.05, 3.63) is 12.2 Å². The van der Waals surface area contributed by atoms with Gasteiger partial charge in [-0.15, -0.1) is 0 Å². The van der Waals surface area contributed by atoms with Gasteiger partial charge < -0.3 is 9.84 Å². The van der Waals surface area contributed by atoms with Gasteiger partial charge in [0, 0.05) is 6.42 Å². The van der Waals surface area contributed by atoms with Crippen molar-refractivity contribution in [2.75, 3.05) is 0 Å². The zero-order chi connectivity index (χ0) is 15.3. The zero-order valence-electron chi connectivity index (χ0n) is 13.6. The minimum Gasteiger partial charge on any atom is -0.481 e. The minimum atomic E-state index is -0.673. The lowest BCUT2D eigenvalue weighted by atomic mass is 10.1. The van der Waals surface area contributed by atoms with Crippen molar-refractivity contribution in [1.82, 2.24) is 0 Å². The standard InChI is InChI=1S/C18H32O3/c1-2-3-10-13-16-17(21-16)14-11-8-6-4-5-7-9-12-15-18(19)20/h8,11,16-17H,2-7,9-10,12-15H2,1H3,(H,19,20)/b11-8+/t16-,17-/m1/s1. The molecule has 0 aromatic rings. The van der Waals surface area contributed by atoms with Gasteiger partial charge in [-0.25, -0.2) is 0 Å². The number of carboxylic acid groups (broad SMARTS) is 1. The molecule has 3 heteroatoms. The van der Waals surface area contributed by atoms with Crippen molar-refractivity contribution >= 4 is 5.97 Å². The van der Waals surface area contributed by atoms with E-state index in [4.69, 9.17) is 9.84 Å². The van der Waals surface area contributed by atoms with Crippen molar-refractivity contribution in [2.24, 2.45) is 0 Å². The smallest absolute Gasteiger partial charge is 0.303 e. The maximum atomic E-state index is 10.3. The highest BCUT2D eigenvalue weighted by atomic mass is 16.6. The first-order valence-corrected chi connectivity index (χ1v) is 8.76. The van der Waals surface area contributed by atoms with Crippen molar-refractivity contribution in [3.63, 3.8) is 0 Å². The Kier molecular flexibility index (Phi) is 10.2. The number of ether oxygens (including phenoxy) is 1. The molecule has 1 heterocycles. The molecular weight excluding hydrogens is 264 g/mol. The van der Waals surface area contributed by atoms with Crippen LogP contribution in [0.5, 0.6) is 0 Å². The summed E-state index contributed by atoms with van der Waals surface area (Å²) in [7, 11) is 0. The van der Waals surface area contributed by atoms with E-state index in [0.29, 0.717) is 18.6 Å². The molecule has 0 aliphatic carbocycles. The Morgan fingerprint density at radius 3 is 2.52 bits per heavy atom. The van der Waals surface area contributed by atoms with Gasteiger partial charge in [0.2, 0.25) is 0 Å². The molecule has 1 rings (SSSR count). The number of epoxide rings is 1. The molecule has 21 heavy (non-hydrogen) atoms. The van der Waals surface area contributed by atoms with Gasteiger partial charge in [-0.3, -0.25) is 4.79 Å². The van der Waals surface area contributed by atoms with Crippen molar-refractivity contribution < 1.29 is 14.6 Å². The van der Waals surface area contributed by atoms with Gasteiger partial charge in [-0.1, -0.05) is 57.6 Å². The molecule has 0 aromatic carbocycles. The zero-order valence-corrected chi connectivity index (χ0v) is 13.6.